The molecule has 0 aromatic carbocycles. The molecule has 0 bridgehead atoms. The van der Waals surface area contributed by atoms with Crippen LogP contribution in [0.1, 0.15) is 13.3 Å². The predicted octanol–water partition coefficient (Wildman–Crippen LogP) is 1.38. The van der Waals surface area contributed by atoms with E-state index in [1.54, 1.807) is 0 Å². The lowest BCUT2D eigenvalue weighted by Crippen LogP contribution is -2.08. The maximum Gasteiger partial charge on any atom is 0.0310 e. The summed E-state index contributed by atoms with van der Waals surface area (Å²) in [5, 5.41) is 3.33. The topological polar surface area (TPSA) is 12.0 Å². The number of hydrogen-bond acceptors (Lipinski definition) is 1. The normalized spacial score (nSPS) is 38.2. The first-order chi connectivity index (χ1) is 3.84. The number of halogens is 1. The highest BCUT2D eigenvalue weighted by atomic mass is 79.9. The molecule has 48 valence electrons. The standard InChI is InChI=1S/C6H12BrN/c1-2-5-3-8-4-6(5)7/h5-6,8H,2-4H2,1H3. The number of alkyl halides is 1. The van der Waals surface area contributed by atoms with Crippen molar-refractivity contribution in [1.29, 1.82) is 0 Å². The van der Waals surface area contributed by atoms with Gasteiger partial charge in [-0.1, -0.05) is 29.3 Å². The second-order valence-electron chi connectivity index (χ2n) is 2.34. The smallest absolute Gasteiger partial charge is 0.0310 e. The molecule has 1 N–H and O–H groups in total. The number of hydrogen-bond donors (Lipinski definition) is 1. The predicted molar refractivity (Wildman–Crippen MR) is 39.4 cm³/mol. The van der Waals surface area contributed by atoms with Crippen LogP contribution in [0.4, 0.5) is 0 Å². The molecule has 1 nitrogen and oxygen atoms in total. The Morgan fingerprint density at radius 3 is 2.62 bits per heavy atom. The summed E-state index contributed by atoms with van der Waals surface area (Å²) < 4.78 is 0. The lowest BCUT2D eigenvalue weighted by molar-refractivity contribution is 0.577. The first-order valence-corrected chi connectivity index (χ1v) is 4.11. The maximum atomic E-state index is 3.60. The molecule has 0 radical (unpaired) electrons. The van der Waals surface area contributed by atoms with E-state index in [0.717, 1.165) is 17.3 Å². The van der Waals surface area contributed by atoms with E-state index in [9.17, 15) is 0 Å². The molecule has 0 aromatic heterocycles. The van der Waals surface area contributed by atoms with Crippen LogP contribution in [0.3, 0.4) is 0 Å². The van der Waals surface area contributed by atoms with Crippen molar-refractivity contribution in [2.75, 3.05) is 13.1 Å². The highest BCUT2D eigenvalue weighted by Crippen LogP contribution is 2.19. The van der Waals surface area contributed by atoms with Crippen LogP contribution in [-0.4, -0.2) is 17.9 Å². The van der Waals surface area contributed by atoms with Crippen LogP contribution >= 0.6 is 15.9 Å². The van der Waals surface area contributed by atoms with E-state index in [2.05, 4.69) is 28.2 Å². The molecule has 0 spiro atoms. The van der Waals surface area contributed by atoms with Gasteiger partial charge in [-0.25, -0.2) is 0 Å². The van der Waals surface area contributed by atoms with Gasteiger partial charge in [0.2, 0.25) is 0 Å². The van der Waals surface area contributed by atoms with Crippen molar-refractivity contribution in [2.45, 2.75) is 18.2 Å². The lowest BCUT2D eigenvalue weighted by atomic mass is 10.1. The van der Waals surface area contributed by atoms with E-state index in [1.807, 2.05) is 0 Å². The summed E-state index contributed by atoms with van der Waals surface area (Å²) in [5.41, 5.74) is 0. The van der Waals surface area contributed by atoms with Gasteiger partial charge in [0, 0.05) is 11.4 Å². The quantitative estimate of drug-likeness (QED) is 0.598. The minimum Gasteiger partial charge on any atom is -0.315 e. The van der Waals surface area contributed by atoms with E-state index in [1.165, 1.54) is 13.0 Å². The van der Waals surface area contributed by atoms with Crippen LogP contribution in [-0.2, 0) is 0 Å². The summed E-state index contributed by atoms with van der Waals surface area (Å²) >= 11 is 3.60. The van der Waals surface area contributed by atoms with Crippen molar-refractivity contribution in [3.63, 3.8) is 0 Å². The van der Waals surface area contributed by atoms with Crippen molar-refractivity contribution in [1.82, 2.24) is 5.32 Å². The number of rotatable bonds is 1. The van der Waals surface area contributed by atoms with Gasteiger partial charge in [-0.2, -0.15) is 0 Å². The fraction of sp³-hybridized carbons (Fsp3) is 1.00. The summed E-state index contributed by atoms with van der Waals surface area (Å²) in [7, 11) is 0. The van der Waals surface area contributed by atoms with Crippen molar-refractivity contribution in [2.24, 2.45) is 5.92 Å². The molecule has 8 heavy (non-hydrogen) atoms. The molecule has 0 aliphatic carbocycles. The van der Waals surface area contributed by atoms with Gasteiger partial charge in [-0.15, -0.1) is 0 Å². The van der Waals surface area contributed by atoms with Crippen molar-refractivity contribution in [3.8, 4) is 0 Å². The van der Waals surface area contributed by atoms with Crippen LogP contribution in [0.15, 0.2) is 0 Å². The zero-order valence-electron chi connectivity index (χ0n) is 5.15. The molecule has 2 heteroatoms. The molecule has 1 aliphatic heterocycles. The summed E-state index contributed by atoms with van der Waals surface area (Å²) in [4.78, 5) is 0.729. The van der Waals surface area contributed by atoms with E-state index in [0.29, 0.717) is 0 Å². The zero-order chi connectivity index (χ0) is 5.98. The van der Waals surface area contributed by atoms with E-state index in [-0.39, 0.29) is 0 Å². The average molecular weight is 178 g/mol. The van der Waals surface area contributed by atoms with Gasteiger partial charge in [0.25, 0.3) is 0 Å². The van der Waals surface area contributed by atoms with Crippen molar-refractivity contribution < 1.29 is 0 Å². The van der Waals surface area contributed by atoms with Gasteiger partial charge >= 0.3 is 0 Å². The van der Waals surface area contributed by atoms with Crippen LogP contribution in [0.5, 0.6) is 0 Å². The second-order valence-corrected chi connectivity index (χ2v) is 3.52. The average Bonchev–Trinajstić information content (AvgIpc) is 2.14. The Balaban J connectivity index is 2.30. The minimum atomic E-state index is 0.729. The SMILES string of the molecule is CCC1CNCC1Br. The Morgan fingerprint density at radius 1 is 1.62 bits per heavy atom. The molecular weight excluding hydrogens is 166 g/mol. The summed E-state index contributed by atoms with van der Waals surface area (Å²) in [6.07, 6.45) is 1.29. The third kappa shape index (κ3) is 1.23. The lowest BCUT2D eigenvalue weighted by Gasteiger charge is -2.06. The summed E-state index contributed by atoms with van der Waals surface area (Å²) in [6, 6.07) is 0. The third-order valence-corrected chi connectivity index (χ3v) is 2.85. The summed E-state index contributed by atoms with van der Waals surface area (Å²) in [5.74, 6) is 0.870. The highest BCUT2D eigenvalue weighted by Gasteiger charge is 2.21. The maximum absolute atomic E-state index is 3.60. The van der Waals surface area contributed by atoms with E-state index in [4.69, 9.17) is 0 Å². The van der Waals surface area contributed by atoms with E-state index < -0.39 is 0 Å². The van der Waals surface area contributed by atoms with Gasteiger partial charge in [0.05, 0.1) is 0 Å². The molecule has 0 amide bonds. The molecule has 2 unspecified atom stereocenters. The largest absolute Gasteiger partial charge is 0.315 e. The second kappa shape index (κ2) is 2.83. The number of nitrogens with one attached hydrogen (secondary N) is 1. The van der Waals surface area contributed by atoms with Crippen LogP contribution in [0.25, 0.3) is 0 Å². The van der Waals surface area contributed by atoms with Crippen molar-refractivity contribution in [3.05, 3.63) is 0 Å². The van der Waals surface area contributed by atoms with Gasteiger partial charge in [0.1, 0.15) is 0 Å². The Morgan fingerprint density at radius 2 is 2.38 bits per heavy atom. The third-order valence-electron chi connectivity index (χ3n) is 1.78. The summed E-state index contributed by atoms with van der Waals surface area (Å²) in [6.45, 7) is 4.59. The van der Waals surface area contributed by atoms with Crippen LogP contribution < -0.4 is 5.32 Å². The molecule has 1 rings (SSSR count). The van der Waals surface area contributed by atoms with Crippen LogP contribution in [0.2, 0.25) is 0 Å². The minimum absolute atomic E-state index is 0.729. The molecule has 1 saturated heterocycles. The van der Waals surface area contributed by atoms with Gasteiger partial charge in [-0.05, 0) is 12.5 Å². The fourth-order valence-corrected chi connectivity index (χ4v) is 1.89. The van der Waals surface area contributed by atoms with Gasteiger partial charge in [-0.3, -0.25) is 0 Å². The molecule has 1 heterocycles. The molecular formula is C6H12BrN. The Bertz CT molecular complexity index is 74.9. The van der Waals surface area contributed by atoms with E-state index >= 15 is 0 Å². The van der Waals surface area contributed by atoms with Gasteiger partial charge < -0.3 is 5.32 Å². The Hall–Kier alpha value is 0.440. The molecule has 0 aromatic rings. The molecule has 1 aliphatic rings. The molecule has 1 fully saturated rings. The first-order valence-electron chi connectivity index (χ1n) is 3.19. The van der Waals surface area contributed by atoms with Crippen molar-refractivity contribution >= 4 is 15.9 Å². The van der Waals surface area contributed by atoms with Crippen LogP contribution in [0, 0.1) is 5.92 Å². The Kier molecular flexibility index (Phi) is 2.32. The fourth-order valence-electron chi connectivity index (χ4n) is 1.10. The molecule has 2 atom stereocenters. The zero-order valence-corrected chi connectivity index (χ0v) is 6.74. The monoisotopic (exact) mass is 177 g/mol. The highest BCUT2D eigenvalue weighted by molar-refractivity contribution is 9.09. The Labute approximate surface area is 59.0 Å². The first kappa shape index (κ1) is 6.56. The van der Waals surface area contributed by atoms with Gasteiger partial charge in [0.15, 0.2) is 0 Å². The molecule has 0 saturated carbocycles.